The molecule has 8 heteroatoms. The first-order chi connectivity index (χ1) is 14.8. The predicted octanol–water partition coefficient (Wildman–Crippen LogP) is 4.24. The van der Waals surface area contributed by atoms with Crippen LogP contribution < -0.4 is 9.47 Å². The van der Waals surface area contributed by atoms with Crippen molar-refractivity contribution in [2.75, 3.05) is 39.9 Å². The van der Waals surface area contributed by atoms with Crippen LogP contribution in [0.1, 0.15) is 21.5 Å². The summed E-state index contributed by atoms with van der Waals surface area (Å²) in [7, 11) is 1.52. The minimum absolute atomic E-state index is 0.0947. The first-order valence-corrected chi connectivity index (χ1v) is 9.91. The van der Waals surface area contributed by atoms with E-state index in [0.717, 1.165) is 17.7 Å². The fourth-order valence-electron chi connectivity index (χ4n) is 3.42. The summed E-state index contributed by atoms with van der Waals surface area (Å²) < 4.78 is 48.9. The molecule has 1 aliphatic heterocycles. The van der Waals surface area contributed by atoms with Crippen LogP contribution in [-0.2, 0) is 12.7 Å². The van der Waals surface area contributed by atoms with Gasteiger partial charge in [0.15, 0.2) is 11.5 Å². The van der Waals surface area contributed by atoms with Gasteiger partial charge in [-0.05, 0) is 35.9 Å². The molecule has 166 valence electrons. The van der Waals surface area contributed by atoms with E-state index < -0.39 is 11.7 Å². The number of hydrogen-bond acceptors (Lipinski definition) is 4. The molecule has 1 aliphatic rings. The van der Waals surface area contributed by atoms with Crippen molar-refractivity contribution in [3.8, 4) is 11.5 Å². The molecule has 0 N–H and O–H groups in total. The van der Waals surface area contributed by atoms with Crippen LogP contribution in [0.25, 0.3) is 0 Å². The van der Waals surface area contributed by atoms with Gasteiger partial charge in [-0.2, -0.15) is 13.2 Å². The van der Waals surface area contributed by atoms with Gasteiger partial charge in [0.05, 0.1) is 12.7 Å². The summed E-state index contributed by atoms with van der Waals surface area (Å²) in [5, 5.41) is 0. The molecular weight excluding hydrogens is 409 g/mol. The standard InChI is InChI=1S/C23H25F3N2O3/c1-3-14-31-20-9-6-18(15-21(20)30-2)22(29)28-12-10-27(11-13-28)16-17-4-7-19(8-5-17)23(24,25)26/h3-9,15H,1,10-14,16H2,2H3. The molecule has 0 unspecified atom stereocenters. The zero-order chi connectivity index (χ0) is 22.4. The van der Waals surface area contributed by atoms with E-state index in [1.54, 1.807) is 29.2 Å². The van der Waals surface area contributed by atoms with Crippen LogP contribution in [0.15, 0.2) is 55.1 Å². The first kappa shape index (κ1) is 22.7. The van der Waals surface area contributed by atoms with Crippen molar-refractivity contribution < 1.29 is 27.4 Å². The minimum atomic E-state index is -4.33. The molecule has 0 spiro atoms. The number of methoxy groups -OCH3 is 1. The largest absolute Gasteiger partial charge is 0.493 e. The summed E-state index contributed by atoms with van der Waals surface area (Å²) in [6.07, 6.45) is -2.70. The number of piperazine rings is 1. The molecule has 2 aromatic carbocycles. The Morgan fingerprint density at radius 3 is 2.32 bits per heavy atom. The van der Waals surface area contributed by atoms with E-state index in [2.05, 4.69) is 11.5 Å². The highest BCUT2D eigenvalue weighted by Crippen LogP contribution is 2.30. The second kappa shape index (κ2) is 9.87. The fourth-order valence-corrected chi connectivity index (χ4v) is 3.42. The molecule has 1 fully saturated rings. The van der Waals surface area contributed by atoms with Crippen LogP contribution in [0.5, 0.6) is 11.5 Å². The van der Waals surface area contributed by atoms with Crippen molar-refractivity contribution in [3.05, 3.63) is 71.8 Å². The summed E-state index contributed by atoms with van der Waals surface area (Å²) in [6.45, 7) is 6.85. The van der Waals surface area contributed by atoms with Gasteiger partial charge in [0, 0.05) is 38.3 Å². The highest BCUT2D eigenvalue weighted by molar-refractivity contribution is 5.95. The minimum Gasteiger partial charge on any atom is -0.493 e. The van der Waals surface area contributed by atoms with E-state index in [1.165, 1.54) is 19.2 Å². The lowest BCUT2D eigenvalue weighted by atomic mass is 10.1. The molecule has 3 rings (SSSR count). The normalized spacial score (nSPS) is 14.9. The molecule has 1 amide bonds. The van der Waals surface area contributed by atoms with Crippen molar-refractivity contribution in [1.29, 1.82) is 0 Å². The van der Waals surface area contributed by atoms with E-state index in [-0.39, 0.29) is 5.91 Å². The summed E-state index contributed by atoms with van der Waals surface area (Å²) >= 11 is 0. The molecule has 5 nitrogen and oxygen atoms in total. The Kier molecular flexibility index (Phi) is 7.22. The Morgan fingerprint density at radius 2 is 1.74 bits per heavy atom. The molecule has 0 bridgehead atoms. The van der Waals surface area contributed by atoms with Crippen LogP contribution in [0, 0.1) is 0 Å². The summed E-state index contributed by atoms with van der Waals surface area (Å²) in [4.78, 5) is 16.8. The second-order valence-electron chi connectivity index (χ2n) is 7.23. The first-order valence-electron chi connectivity index (χ1n) is 9.91. The summed E-state index contributed by atoms with van der Waals surface area (Å²) in [5.74, 6) is 0.928. The van der Waals surface area contributed by atoms with Gasteiger partial charge >= 0.3 is 6.18 Å². The maximum Gasteiger partial charge on any atom is 0.416 e. The average Bonchev–Trinajstić information content (AvgIpc) is 2.77. The molecule has 0 saturated carbocycles. The molecule has 31 heavy (non-hydrogen) atoms. The molecule has 2 aromatic rings. The third-order valence-corrected chi connectivity index (χ3v) is 5.11. The Hall–Kier alpha value is -3.00. The molecule has 0 atom stereocenters. The summed E-state index contributed by atoms with van der Waals surface area (Å²) in [5.41, 5.74) is 0.676. The van der Waals surface area contributed by atoms with E-state index in [0.29, 0.717) is 56.4 Å². The van der Waals surface area contributed by atoms with E-state index in [4.69, 9.17) is 9.47 Å². The van der Waals surface area contributed by atoms with Gasteiger partial charge in [-0.15, -0.1) is 0 Å². The molecule has 0 aromatic heterocycles. The van der Waals surface area contributed by atoms with Crippen molar-refractivity contribution in [1.82, 2.24) is 9.80 Å². The number of rotatable bonds is 7. The number of nitrogens with zero attached hydrogens (tertiary/aromatic N) is 2. The number of carbonyl (C=O) groups excluding carboxylic acids is 1. The SMILES string of the molecule is C=CCOc1ccc(C(=O)N2CCN(Cc3ccc(C(F)(F)F)cc3)CC2)cc1OC. The third-order valence-electron chi connectivity index (χ3n) is 5.11. The van der Waals surface area contributed by atoms with E-state index in [1.807, 2.05) is 0 Å². The van der Waals surface area contributed by atoms with Crippen molar-refractivity contribution >= 4 is 5.91 Å². The lowest BCUT2D eigenvalue weighted by Gasteiger charge is -2.35. The van der Waals surface area contributed by atoms with Gasteiger partial charge in [-0.3, -0.25) is 9.69 Å². The summed E-state index contributed by atoms with van der Waals surface area (Å²) in [6, 6.07) is 10.3. The number of benzene rings is 2. The predicted molar refractivity (Wildman–Crippen MR) is 111 cm³/mol. The highest BCUT2D eigenvalue weighted by Gasteiger charge is 2.30. The maximum absolute atomic E-state index is 12.9. The number of alkyl halides is 3. The molecule has 0 radical (unpaired) electrons. The van der Waals surface area contributed by atoms with Crippen molar-refractivity contribution in [2.24, 2.45) is 0 Å². The van der Waals surface area contributed by atoms with Gasteiger partial charge in [-0.25, -0.2) is 0 Å². The number of carbonyl (C=O) groups is 1. The Bertz CT molecular complexity index is 905. The van der Waals surface area contributed by atoms with Crippen LogP contribution >= 0.6 is 0 Å². The lowest BCUT2D eigenvalue weighted by molar-refractivity contribution is -0.137. The van der Waals surface area contributed by atoms with Gasteiger partial charge in [-0.1, -0.05) is 24.8 Å². The van der Waals surface area contributed by atoms with E-state index >= 15 is 0 Å². The van der Waals surface area contributed by atoms with Gasteiger partial charge in [0.25, 0.3) is 5.91 Å². The molecule has 1 heterocycles. The molecular formula is C23H25F3N2O3. The van der Waals surface area contributed by atoms with Crippen molar-refractivity contribution in [3.63, 3.8) is 0 Å². The second-order valence-corrected chi connectivity index (χ2v) is 7.23. The zero-order valence-electron chi connectivity index (χ0n) is 17.3. The van der Waals surface area contributed by atoms with Gasteiger partial charge < -0.3 is 14.4 Å². The highest BCUT2D eigenvalue weighted by atomic mass is 19.4. The number of ether oxygens (including phenoxy) is 2. The quantitative estimate of drug-likeness (QED) is 0.612. The van der Waals surface area contributed by atoms with Crippen LogP contribution in [0.2, 0.25) is 0 Å². The van der Waals surface area contributed by atoms with Crippen LogP contribution in [-0.4, -0.2) is 55.6 Å². The average molecular weight is 434 g/mol. The zero-order valence-corrected chi connectivity index (χ0v) is 17.3. The van der Waals surface area contributed by atoms with Crippen LogP contribution in [0.3, 0.4) is 0 Å². The van der Waals surface area contributed by atoms with E-state index in [9.17, 15) is 18.0 Å². The monoisotopic (exact) mass is 434 g/mol. The van der Waals surface area contributed by atoms with Crippen LogP contribution in [0.4, 0.5) is 13.2 Å². The van der Waals surface area contributed by atoms with Gasteiger partial charge in [0.1, 0.15) is 6.61 Å². The van der Waals surface area contributed by atoms with Crippen molar-refractivity contribution in [2.45, 2.75) is 12.7 Å². The number of amides is 1. The molecule has 1 saturated heterocycles. The van der Waals surface area contributed by atoms with Gasteiger partial charge in [0.2, 0.25) is 0 Å². The smallest absolute Gasteiger partial charge is 0.416 e. The third kappa shape index (κ3) is 5.79. The molecule has 0 aliphatic carbocycles. The fraction of sp³-hybridized carbons (Fsp3) is 0.348. The number of hydrogen-bond donors (Lipinski definition) is 0. The maximum atomic E-state index is 12.9. The topological polar surface area (TPSA) is 42.0 Å². The Labute approximate surface area is 179 Å². The lowest BCUT2D eigenvalue weighted by Crippen LogP contribution is -2.48. The Morgan fingerprint density at radius 1 is 1.06 bits per heavy atom. The number of halogens is 3. The Balaban J connectivity index is 1.56.